The van der Waals surface area contributed by atoms with Gasteiger partial charge in [0.2, 0.25) is 10.0 Å². The normalized spacial score (nSPS) is 32.6. The molecule has 3 aliphatic rings. The van der Waals surface area contributed by atoms with Crippen molar-refractivity contribution in [3.63, 3.8) is 0 Å². The lowest BCUT2D eigenvalue weighted by Crippen LogP contribution is -2.37. The summed E-state index contributed by atoms with van der Waals surface area (Å²) in [7, 11) is -3.10. The molecule has 4 rings (SSSR count). The second kappa shape index (κ2) is 5.18. The maximum atomic E-state index is 12.3. The molecule has 1 saturated carbocycles. The first kappa shape index (κ1) is 14.4. The molecule has 0 aromatic carbocycles. The summed E-state index contributed by atoms with van der Waals surface area (Å²) in [6, 6.07) is 3.71. The van der Waals surface area contributed by atoms with Crippen LogP contribution in [0.1, 0.15) is 25.7 Å². The van der Waals surface area contributed by atoms with E-state index < -0.39 is 10.0 Å². The smallest absolute Gasteiger partial charge is 0.217 e. The minimum absolute atomic E-state index is 0.0345. The summed E-state index contributed by atoms with van der Waals surface area (Å²) < 4.78 is 38.1. The molecule has 0 radical (unpaired) electrons. The molecule has 22 heavy (non-hydrogen) atoms. The van der Waals surface area contributed by atoms with E-state index >= 15 is 0 Å². The minimum atomic E-state index is -3.10. The first-order chi connectivity index (χ1) is 10.6. The molecule has 2 atom stereocenters. The van der Waals surface area contributed by atoms with E-state index in [0.29, 0.717) is 19.7 Å². The fraction of sp³-hybridized carbons (Fsp3) is 0.667. The maximum absolute atomic E-state index is 12.3. The number of pyridine rings is 1. The molecule has 6 nitrogen and oxygen atoms in total. The van der Waals surface area contributed by atoms with Crippen molar-refractivity contribution >= 4 is 10.0 Å². The Balaban J connectivity index is 1.40. The van der Waals surface area contributed by atoms with Crippen LogP contribution in [-0.4, -0.2) is 54.4 Å². The number of aromatic nitrogens is 1. The van der Waals surface area contributed by atoms with Gasteiger partial charge in [-0.1, -0.05) is 0 Å². The summed E-state index contributed by atoms with van der Waals surface area (Å²) in [6.45, 7) is 1.55. The second-order valence-electron chi connectivity index (χ2n) is 6.45. The van der Waals surface area contributed by atoms with Crippen molar-refractivity contribution in [2.24, 2.45) is 0 Å². The number of ether oxygens (including phenoxy) is 2. The Morgan fingerprint density at radius 2 is 2.27 bits per heavy atom. The van der Waals surface area contributed by atoms with Gasteiger partial charge in [-0.3, -0.25) is 4.98 Å². The number of sulfonamides is 1. The zero-order valence-corrected chi connectivity index (χ0v) is 13.2. The van der Waals surface area contributed by atoms with Crippen molar-refractivity contribution in [3.8, 4) is 5.75 Å². The van der Waals surface area contributed by atoms with E-state index in [1.807, 2.05) is 12.1 Å². The van der Waals surface area contributed by atoms with Crippen LogP contribution >= 0.6 is 0 Å². The van der Waals surface area contributed by atoms with Gasteiger partial charge in [0.25, 0.3) is 0 Å². The Bertz CT molecular complexity index is 647. The molecule has 0 unspecified atom stereocenters. The van der Waals surface area contributed by atoms with Crippen LogP contribution in [0.2, 0.25) is 0 Å². The van der Waals surface area contributed by atoms with E-state index in [0.717, 1.165) is 31.4 Å². The van der Waals surface area contributed by atoms with Gasteiger partial charge in [0, 0.05) is 25.7 Å². The predicted molar refractivity (Wildman–Crippen MR) is 80.1 cm³/mol. The molecule has 1 spiro atoms. The van der Waals surface area contributed by atoms with E-state index in [2.05, 4.69) is 4.98 Å². The third-order valence-electron chi connectivity index (χ3n) is 4.70. The van der Waals surface area contributed by atoms with E-state index in [4.69, 9.17) is 9.47 Å². The van der Waals surface area contributed by atoms with Gasteiger partial charge in [0.05, 0.1) is 23.7 Å². The topological polar surface area (TPSA) is 68.7 Å². The number of hydrogen-bond donors (Lipinski definition) is 0. The van der Waals surface area contributed by atoms with Crippen molar-refractivity contribution in [2.45, 2.75) is 42.6 Å². The average Bonchev–Trinajstić information content (AvgIpc) is 3.20. The SMILES string of the molecule is O=S(=O)(C1CC1)N1CC[C@]2(C[C@@H](Oc3cccnc3)CO2)C1. The maximum Gasteiger partial charge on any atom is 0.217 e. The number of hydrogen-bond acceptors (Lipinski definition) is 5. The van der Waals surface area contributed by atoms with Crippen LogP contribution in [0, 0.1) is 0 Å². The van der Waals surface area contributed by atoms with E-state index in [-0.39, 0.29) is 17.0 Å². The molecule has 0 bridgehead atoms. The molecular weight excluding hydrogens is 304 g/mol. The predicted octanol–water partition coefficient (Wildman–Crippen LogP) is 1.19. The Labute approximate surface area is 130 Å². The Hall–Kier alpha value is -1.18. The van der Waals surface area contributed by atoms with Crippen LogP contribution in [0.5, 0.6) is 5.75 Å². The third kappa shape index (κ3) is 2.61. The minimum Gasteiger partial charge on any atom is -0.486 e. The highest BCUT2D eigenvalue weighted by Gasteiger charge is 2.51. The highest BCUT2D eigenvalue weighted by Crippen LogP contribution is 2.40. The van der Waals surface area contributed by atoms with Crippen molar-refractivity contribution in [1.29, 1.82) is 0 Å². The van der Waals surface area contributed by atoms with Crippen molar-refractivity contribution in [3.05, 3.63) is 24.5 Å². The molecule has 3 fully saturated rings. The van der Waals surface area contributed by atoms with Crippen molar-refractivity contribution in [1.82, 2.24) is 9.29 Å². The molecule has 7 heteroatoms. The molecule has 2 saturated heterocycles. The summed E-state index contributed by atoms with van der Waals surface area (Å²) in [4.78, 5) is 4.03. The summed E-state index contributed by atoms with van der Waals surface area (Å²) in [6.07, 6.45) is 6.46. The van der Waals surface area contributed by atoms with Crippen LogP contribution in [0.4, 0.5) is 0 Å². The van der Waals surface area contributed by atoms with E-state index in [9.17, 15) is 8.42 Å². The molecule has 2 aliphatic heterocycles. The zero-order valence-electron chi connectivity index (χ0n) is 12.3. The Kier molecular flexibility index (Phi) is 3.39. The molecule has 120 valence electrons. The lowest BCUT2D eigenvalue weighted by Gasteiger charge is -2.23. The van der Waals surface area contributed by atoms with Gasteiger partial charge >= 0.3 is 0 Å². The van der Waals surface area contributed by atoms with E-state index in [1.54, 1.807) is 16.7 Å². The van der Waals surface area contributed by atoms with Crippen molar-refractivity contribution in [2.75, 3.05) is 19.7 Å². The Morgan fingerprint density at radius 1 is 1.41 bits per heavy atom. The standard InChI is InChI=1S/C15H20N2O4S/c18-22(19,14-3-4-14)17-7-5-15(11-17)8-13(10-20-15)21-12-2-1-6-16-9-12/h1-2,6,9,13-14H,3-5,7-8,10-11H2/t13-,15+/m1/s1. The monoisotopic (exact) mass is 324 g/mol. The number of rotatable bonds is 4. The molecule has 1 aromatic heterocycles. The highest BCUT2D eigenvalue weighted by atomic mass is 32.2. The van der Waals surface area contributed by atoms with Gasteiger partial charge in [-0.05, 0) is 31.4 Å². The Morgan fingerprint density at radius 3 is 3.00 bits per heavy atom. The van der Waals surface area contributed by atoms with Crippen LogP contribution in [0.15, 0.2) is 24.5 Å². The van der Waals surface area contributed by atoms with Gasteiger partial charge < -0.3 is 9.47 Å². The lowest BCUT2D eigenvalue weighted by atomic mass is 9.98. The van der Waals surface area contributed by atoms with Gasteiger partial charge in [-0.25, -0.2) is 8.42 Å². The lowest BCUT2D eigenvalue weighted by molar-refractivity contribution is 0.0143. The summed E-state index contributed by atoms with van der Waals surface area (Å²) in [5.41, 5.74) is -0.366. The molecular formula is C15H20N2O4S. The van der Waals surface area contributed by atoms with Crippen LogP contribution in [0.3, 0.4) is 0 Å². The zero-order chi connectivity index (χ0) is 15.2. The fourth-order valence-corrected chi connectivity index (χ4v) is 5.29. The number of nitrogens with zero attached hydrogens (tertiary/aromatic N) is 2. The van der Waals surface area contributed by atoms with Gasteiger partial charge in [-0.15, -0.1) is 0 Å². The summed E-state index contributed by atoms with van der Waals surface area (Å²) in [5.74, 6) is 0.730. The largest absolute Gasteiger partial charge is 0.486 e. The van der Waals surface area contributed by atoms with E-state index in [1.165, 1.54) is 0 Å². The molecule has 1 aromatic rings. The van der Waals surface area contributed by atoms with Crippen LogP contribution in [-0.2, 0) is 14.8 Å². The highest BCUT2D eigenvalue weighted by molar-refractivity contribution is 7.90. The van der Waals surface area contributed by atoms with Crippen LogP contribution < -0.4 is 4.74 Å². The fourth-order valence-electron chi connectivity index (χ4n) is 3.37. The molecule has 0 amide bonds. The van der Waals surface area contributed by atoms with Crippen LogP contribution in [0.25, 0.3) is 0 Å². The third-order valence-corrected chi connectivity index (χ3v) is 7.04. The first-order valence-corrected chi connectivity index (χ1v) is 9.27. The summed E-state index contributed by atoms with van der Waals surface area (Å²) >= 11 is 0. The van der Waals surface area contributed by atoms with Gasteiger partial charge in [0.1, 0.15) is 11.9 Å². The quantitative estimate of drug-likeness (QED) is 0.832. The average molecular weight is 324 g/mol. The molecule has 1 aliphatic carbocycles. The second-order valence-corrected chi connectivity index (χ2v) is 8.67. The van der Waals surface area contributed by atoms with Gasteiger partial charge in [0.15, 0.2) is 0 Å². The summed E-state index contributed by atoms with van der Waals surface area (Å²) in [5, 5.41) is -0.147. The molecule has 3 heterocycles. The van der Waals surface area contributed by atoms with Crippen molar-refractivity contribution < 1.29 is 17.9 Å². The molecule has 0 N–H and O–H groups in total. The van der Waals surface area contributed by atoms with Gasteiger partial charge in [-0.2, -0.15) is 4.31 Å². The first-order valence-electron chi connectivity index (χ1n) is 7.77.